The Labute approximate surface area is 194 Å². The topological polar surface area (TPSA) is 93.7 Å². The molecule has 0 spiro atoms. The van der Waals surface area contributed by atoms with Crippen molar-refractivity contribution in [2.75, 3.05) is 13.1 Å². The molecule has 0 fully saturated rings. The van der Waals surface area contributed by atoms with Crippen molar-refractivity contribution in [3.63, 3.8) is 0 Å². The van der Waals surface area contributed by atoms with Gasteiger partial charge in [0.15, 0.2) is 0 Å². The molecule has 0 atom stereocenters. The zero-order valence-electron chi connectivity index (χ0n) is 18.2. The van der Waals surface area contributed by atoms with Crippen LogP contribution in [0.4, 0.5) is 0 Å². The number of hydrogen-bond donors (Lipinski definition) is 4. The van der Waals surface area contributed by atoms with Crippen molar-refractivity contribution in [3.8, 4) is 0 Å². The molecule has 3 aromatic carbocycles. The zero-order valence-corrected chi connectivity index (χ0v) is 19.0. The van der Waals surface area contributed by atoms with Gasteiger partial charge in [0.05, 0.1) is 0 Å². The van der Waals surface area contributed by atoms with Crippen molar-refractivity contribution in [1.29, 1.82) is 0 Å². The van der Waals surface area contributed by atoms with Crippen molar-refractivity contribution in [1.82, 2.24) is 21.2 Å². The number of halogens is 1. The van der Waals surface area contributed by atoms with Gasteiger partial charge in [-0.3, -0.25) is 25.1 Å². The van der Waals surface area contributed by atoms with Crippen LogP contribution in [0, 0.1) is 0 Å². The number of hydrogen-bond acceptors (Lipinski definition) is 5. The monoisotopic (exact) mass is 456 g/mol. The molecular weight excluding hydrogens is 428 g/mol. The lowest BCUT2D eigenvalue weighted by Gasteiger charge is -2.19. The Morgan fingerprint density at radius 1 is 0.906 bits per heavy atom. The second-order valence-corrected chi connectivity index (χ2v) is 7.26. The van der Waals surface area contributed by atoms with Crippen LogP contribution < -0.4 is 16.3 Å². The van der Waals surface area contributed by atoms with Gasteiger partial charge < -0.3 is 0 Å². The molecule has 4 N–H and O–H groups in total. The Morgan fingerprint density at radius 2 is 1.53 bits per heavy atom. The standard InChI is InChI=1S/C24H28N4O3.ClH/c1-3-28(4-2)16-17-13-20-7-5-6-8-22(20)21(14-17)15-25-26-23(29)18-9-11-19(12-10-18)24(30)27-31;/h5-14,25,31H,3-4,15-16H2,1-2H3,(H,26,29)(H,27,30);1H. The maximum Gasteiger partial charge on any atom is 0.274 e. The van der Waals surface area contributed by atoms with Crippen LogP contribution in [0.25, 0.3) is 10.8 Å². The molecule has 8 heteroatoms. The van der Waals surface area contributed by atoms with Crippen LogP contribution in [0.5, 0.6) is 0 Å². The number of rotatable bonds is 9. The second-order valence-electron chi connectivity index (χ2n) is 7.26. The van der Waals surface area contributed by atoms with Crippen LogP contribution in [-0.4, -0.2) is 35.0 Å². The fourth-order valence-electron chi connectivity index (χ4n) is 3.53. The minimum atomic E-state index is -0.624. The number of benzene rings is 3. The van der Waals surface area contributed by atoms with E-state index in [-0.39, 0.29) is 23.9 Å². The molecule has 0 aliphatic rings. The first-order chi connectivity index (χ1) is 15.0. The van der Waals surface area contributed by atoms with Gasteiger partial charge in [-0.25, -0.2) is 10.9 Å². The third-order valence-corrected chi connectivity index (χ3v) is 5.30. The van der Waals surface area contributed by atoms with E-state index >= 15 is 0 Å². The first kappa shape index (κ1) is 25.3. The summed E-state index contributed by atoms with van der Waals surface area (Å²) in [5, 5.41) is 11.0. The van der Waals surface area contributed by atoms with E-state index in [1.165, 1.54) is 35.2 Å². The molecule has 0 saturated heterocycles. The van der Waals surface area contributed by atoms with Gasteiger partial charge in [-0.2, -0.15) is 0 Å². The van der Waals surface area contributed by atoms with Crippen LogP contribution in [0.3, 0.4) is 0 Å². The lowest BCUT2D eigenvalue weighted by molar-refractivity contribution is 0.0706. The van der Waals surface area contributed by atoms with E-state index in [1.54, 1.807) is 5.48 Å². The summed E-state index contributed by atoms with van der Waals surface area (Å²) in [7, 11) is 0. The van der Waals surface area contributed by atoms with Crippen molar-refractivity contribution >= 4 is 35.0 Å². The predicted molar refractivity (Wildman–Crippen MR) is 128 cm³/mol. The summed E-state index contributed by atoms with van der Waals surface area (Å²) in [5.41, 5.74) is 10.3. The van der Waals surface area contributed by atoms with Crippen molar-refractivity contribution < 1.29 is 14.8 Å². The number of hydrazine groups is 1. The number of fused-ring (bicyclic) bond motifs is 1. The van der Waals surface area contributed by atoms with E-state index in [9.17, 15) is 9.59 Å². The fourth-order valence-corrected chi connectivity index (χ4v) is 3.53. The smallest absolute Gasteiger partial charge is 0.274 e. The van der Waals surface area contributed by atoms with Gasteiger partial charge in [-0.1, -0.05) is 44.2 Å². The maximum atomic E-state index is 12.4. The van der Waals surface area contributed by atoms with E-state index in [1.807, 2.05) is 12.1 Å². The molecule has 0 heterocycles. The molecule has 0 aromatic heterocycles. The molecule has 3 rings (SSSR count). The molecule has 0 bridgehead atoms. The van der Waals surface area contributed by atoms with E-state index in [2.05, 4.69) is 53.9 Å². The van der Waals surface area contributed by atoms with Crippen LogP contribution in [0.1, 0.15) is 45.7 Å². The molecule has 32 heavy (non-hydrogen) atoms. The quantitative estimate of drug-likeness (QED) is 0.291. The summed E-state index contributed by atoms with van der Waals surface area (Å²) >= 11 is 0. The number of nitrogens with one attached hydrogen (secondary N) is 3. The Hall–Kier alpha value is -2.97. The number of carbonyl (C=O) groups is 2. The van der Waals surface area contributed by atoms with Gasteiger partial charge in [0, 0.05) is 24.2 Å². The highest BCUT2D eigenvalue weighted by atomic mass is 35.5. The average Bonchev–Trinajstić information content (AvgIpc) is 2.82. The van der Waals surface area contributed by atoms with Crippen LogP contribution >= 0.6 is 12.4 Å². The van der Waals surface area contributed by atoms with E-state index < -0.39 is 5.91 Å². The summed E-state index contributed by atoms with van der Waals surface area (Å²) < 4.78 is 0. The molecule has 170 valence electrons. The highest BCUT2D eigenvalue weighted by Crippen LogP contribution is 2.22. The molecule has 0 unspecified atom stereocenters. The summed E-state index contributed by atoms with van der Waals surface area (Å²) in [6, 6.07) is 18.6. The normalized spacial score (nSPS) is 10.6. The van der Waals surface area contributed by atoms with E-state index in [0.29, 0.717) is 12.1 Å². The molecule has 0 radical (unpaired) electrons. The van der Waals surface area contributed by atoms with Crippen molar-refractivity contribution in [3.05, 3.63) is 82.9 Å². The second kappa shape index (κ2) is 12.2. The van der Waals surface area contributed by atoms with Crippen LogP contribution in [-0.2, 0) is 13.1 Å². The highest BCUT2D eigenvalue weighted by molar-refractivity contribution is 5.97. The molecule has 0 aliphatic heterocycles. The van der Waals surface area contributed by atoms with E-state index in [4.69, 9.17) is 5.21 Å². The zero-order chi connectivity index (χ0) is 22.2. The predicted octanol–water partition coefficient (Wildman–Crippen LogP) is 3.66. The van der Waals surface area contributed by atoms with Gasteiger partial charge in [0.25, 0.3) is 11.8 Å². The lowest BCUT2D eigenvalue weighted by atomic mass is 10.0. The first-order valence-corrected chi connectivity index (χ1v) is 10.4. The lowest BCUT2D eigenvalue weighted by Crippen LogP contribution is -2.37. The van der Waals surface area contributed by atoms with E-state index in [0.717, 1.165) is 30.6 Å². The molecular formula is C24H29ClN4O3. The van der Waals surface area contributed by atoms with Crippen molar-refractivity contribution in [2.45, 2.75) is 26.9 Å². The molecule has 3 aromatic rings. The Balaban J connectivity index is 0.00000363. The summed E-state index contributed by atoms with van der Waals surface area (Å²) in [6.07, 6.45) is 0. The highest BCUT2D eigenvalue weighted by Gasteiger charge is 2.10. The molecule has 0 aliphatic carbocycles. The molecule has 7 nitrogen and oxygen atoms in total. The maximum absolute atomic E-state index is 12.4. The molecule has 0 saturated carbocycles. The minimum absolute atomic E-state index is 0. The Kier molecular flexibility index (Phi) is 9.61. The van der Waals surface area contributed by atoms with Gasteiger partial charge >= 0.3 is 0 Å². The minimum Gasteiger partial charge on any atom is -0.300 e. The summed E-state index contributed by atoms with van der Waals surface area (Å²) in [4.78, 5) is 26.2. The molecule has 2 amide bonds. The number of carbonyl (C=O) groups excluding carboxylic acids is 2. The number of nitrogens with zero attached hydrogens (tertiary/aromatic N) is 1. The fraction of sp³-hybridized carbons (Fsp3) is 0.250. The number of amides is 2. The third kappa shape index (κ3) is 6.27. The van der Waals surface area contributed by atoms with Crippen molar-refractivity contribution in [2.24, 2.45) is 0 Å². The van der Waals surface area contributed by atoms with Gasteiger partial charge in [-0.15, -0.1) is 12.4 Å². The first-order valence-electron chi connectivity index (χ1n) is 10.4. The largest absolute Gasteiger partial charge is 0.300 e. The van der Waals surface area contributed by atoms with Crippen LogP contribution in [0.15, 0.2) is 60.7 Å². The SMILES string of the molecule is CCN(CC)Cc1cc(CNNC(=O)c2ccc(C(=O)NO)cc2)c2ccccc2c1.Cl. The Bertz CT molecular complexity index is 1050. The third-order valence-electron chi connectivity index (χ3n) is 5.30. The average molecular weight is 457 g/mol. The number of hydroxylamine groups is 1. The summed E-state index contributed by atoms with van der Waals surface area (Å²) in [6.45, 7) is 7.66. The van der Waals surface area contributed by atoms with Gasteiger partial charge in [0.1, 0.15) is 0 Å². The Morgan fingerprint density at radius 3 is 2.16 bits per heavy atom. The summed E-state index contributed by atoms with van der Waals surface area (Å²) in [5.74, 6) is -0.930. The van der Waals surface area contributed by atoms with Crippen LogP contribution in [0.2, 0.25) is 0 Å². The van der Waals surface area contributed by atoms with Gasteiger partial charge in [-0.05, 0) is 65.3 Å². The van der Waals surface area contributed by atoms with Gasteiger partial charge in [0.2, 0.25) is 0 Å².